The van der Waals surface area contributed by atoms with Crippen LogP contribution in [0.25, 0.3) is 0 Å². The summed E-state index contributed by atoms with van der Waals surface area (Å²) in [5.74, 6) is 2.61. The second-order valence-corrected chi connectivity index (χ2v) is 16.2. The van der Waals surface area contributed by atoms with E-state index in [1.165, 1.54) is 63.4 Å². The van der Waals surface area contributed by atoms with Crippen LogP contribution in [0.4, 0.5) is 0 Å². The zero-order chi connectivity index (χ0) is 22.5. The van der Waals surface area contributed by atoms with Crippen LogP contribution in [-0.2, 0) is 4.53 Å². The summed E-state index contributed by atoms with van der Waals surface area (Å²) in [6.07, 6.45) is 16.2. The predicted molar refractivity (Wildman–Crippen MR) is 135 cm³/mol. The highest BCUT2D eigenvalue weighted by atomic mass is 28.4. The Balaban J connectivity index is 3.93. The van der Waals surface area contributed by atoms with Crippen molar-refractivity contribution in [3.63, 3.8) is 0 Å². The lowest BCUT2D eigenvalue weighted by Gasteiger charge is -2.32. The van der Waals surface area contributed by atoms with Crippen molar-refractivity contribution in [3.8, 4) is 0 Å². The van der Waals surface area contributed by atoms with Gasteiger partial charge in [0, 0.05) is 0 Å². The lowest BCUT2D eigenvalue weighted by Crippen LogP contribution is -2.39. The summed E-state index contributed by atoms with van der Waals surface area (Å²) in [6.45, 7) is 22.9. The van der Waals surface area contributed by atoms with E-state index in [2.05, 4.69) is 79.7 Å². The van der Waals surface area contributed by atoms with Crippen LogP contribution in [0.15, 0.2) is 16.8 Å². The minimum Gasteiger partial charge on any atom is -0.455 e. The molecule has 3 heteroatoms. The average Bonchev–Trinajstić information content (AvgIpc) is 2.57. The summed E-state index contributed by atoms with van der Waals surface area (Å²) < 4.78 is 5.85. The molecule has 29 heavy (non-hydrogen) atoms. The van der Waals surface area contributed by atoms with Gasteiger partial charge in [-0.15, -0.1) is 5.16 Å². The highest BCUT2D eigenvalue weighted by molar-refractivity contribution is 6.74. The van der Waals surface area contributed by atoms with Crippen LogP contribution in [0, 0.1) is 17.8 Å². The van der Waals surface area contributed by atoms with Crippen molar-refractivity contribution in [2.75, 3.05) is 0 Å². The summed E-state index contributed by atoms with van der Waals surface area (Å²) in [5.41, 5.74) is 1.40. The molecule has 0 aliphatic heterocycles. The Kier molecular flexibility index (Phi) is 14.1. The highest BCUT2D eigenvalue weighted by Crippen LogP contribution is 2.36. The molecule has 0 aliphatic rings. The van der Waals surface area contributed by atoms with Crippen LogP contribution in [0.5, 0.6) is 0 Å². The summed E-state index contributed by atoms with van der Waals surface area (Å²) >= 11 is 0. The third-order valence-electron chi connectivity index (χ3n) is 6.65. The number of nitrogens with zero attached hydrogens (tertiary/aromatic N) is 1. The molecular weight excluding hydrogens is 370 g/mol. The first-order valence-corrected chi connectivity index (χ1v) is 15.1. The molecule has 0 radical (unpaired) electrons. The monoisotopic (exact) mass is 423 g/mol. The standard InChI is InChI=1S/C26H53NOSi/c1-22(2)14-11-15-23(3)16-12-17-24(4)18-13-19-25(5)20-21-27-28-29(9,10)26(6,7)8/h20-24H,11-19H2,1-10H3/b25-20+,27-21+. The molecule has 0 aliphatic carbocycles. The minimum absolute atomic E-state index is 0.200. The quantitative estimate of drug-likeness (QED) is 0.146. The molecule has 0 aromatic rings. The summed E-state index contributed by atoms with van der Waals surface area (Å²) in [4.78, 5) is 0. The Hall–Kier alpha value is -0.573. The summed E-state index contributed by atoms with van der Waals surface area (Å²) in [7, 11) is -1.78. The zero-order valence-electron chi connectivity index (χ0n) is 21.6. The van der Waals surface area contributed by atoms with Gasteiger partial charge in [0.25, 0.3) is 8.32 Å². The van der Waals surface area contributed by atoms with Crippen molar-refractivity contribution in [1.29, 1.82) is 0 Å². The van der Waals surface area contributed by atoms with Crippen LogP contribution in [0.2, 0.25) is 18.1 Å². The van der Waals surface area contributed by atoms with Crippen LogP contribution >= 0.6 is 0 Å². The molecule has 0 saturated carbocycles. The van der Waals surface area contributed by atoms with Gasteiger partial charge in [0.15, 0.2) is 0 Å². The molecule has 2 atom stereocenters. The first-order valence-electron chi connectivity index (χ1n) is 12.2. The van der Waals surface area contributed by atoms with E-state index in [1.807, 2.05) is 6.21 Å². The highest BCUT2D eigenvalue weighted by Gasteiger charge is 2.39. The van der Waals surface area contributed by atoms with Crippen LogP contribution in [0.3, 0.4) is 0 Å². The van der Waals surface area contributed by atoms with E-state index >= 15 is 0 Å². The van der Waals surface area contributed by atoms with Crippen molar-refractivity contribution < 1.29 is 4.53 Å². The van der Waals surface area contributed by atoms with Gasteiger partial charge in [-0.1, -0.05) is 99.0 Å². The van der Waals surface area contributed by atoms with Gasteiger partial charge < -0.3 is 4.53 Å². The van der Waals surface area contributed by atoms with Gasteiger partial charge in [0.2, 0.25) is 0 Å². The first-order chi connectivity index (χ1) is 13.3. The fourth-order valence-electron chi connectivity index (χ4n) is 3.25. The van der Waals surface area contributed by atoms with Crippen molar-refractivity contribution in [1.82, 2.24) is 0 Å². The number of hydrogen-bond acceptors (Lipinski definition) is 2. The maximum Gasteiger partial charge on any atom is 0.286 e. The van der Waals surface area contributed by atoms with Gasteiger partial charge in [-0.25, -0.2) is 0 Å². The number of oxime groups is 1. The number of rotatable bonds is 15. The van der Waals surface area contributed by atoms with Crippen LogP contribution < -0.4 is 0 Å². The maximum atomic E-state index is 5.85. The van der Waals surface area contributed by atoms with E-state index in [1.54, 1.807) is 0 Å². The molecule has 0 bridgehead atoms. The Morgan fingerprint density at radius 3 is 1.83 bits per heavy atom. The third kappa shape index (κ3) is 15.0. The van der Waals surface area contributed by atoms with E-state index in [0.29, 0.717) is 0 Å². The molecule has 0 N–H and O–H groups in total. The molecule has 0 rings (SSSR count). The van der Waals surface area contributed by atoms with Gasteiger partial charge in [-0.3, -0.25) is 0 Å². The molecule has 2 unspecified atom stereocenters. The maximum absolute atomic E-state index is 5.85. The fourth-order valence-corrected chi connectivity index (χ4v) is 3.85. The van der Waals surface area contributed by atoms with Gasteiger partial charge in [0.05, 0.1) is 6.21 Å². The number of hydrogen-bond donors (Lipinski definition) is 0. The SMILES string of the molecule is C/C(=C\C=N\O[Si](C)(C)C(C)(C)C)CCCC(C)CCCC(C)CCCC(C)C. The molecule has 0 heterocycles. The van der Waals surface area contributed by atoms with E-state index in [4.69, 9.17) is 4.53 Å². The molecule has 2 nitrogen and oxygen atoms in total. The third-order valence-corrected chi connectivity index (χ3v) is 10.8. The Labute approximate surface area is 185 Å². The van der Waals surface area contributed by atoms with Crippen molar-refractivity contribution in [2.24, 2.45) is 22.9 Å². The van der Waals surface area contributed by atoms with Crippen molar-refractivity contribution in [2.45, 2.75) is 131 Å². The van der Waals surface area contributed by atoms with Gasteiger partial charge in [0.1, 0.15) is 0 Å². The Morgan fingerprint density at radius 2 is 1.34 bits per heavy atom. The largest absolute Gasteiger partial charge is 0.455 e. The molecule has 0 fully saturated rings. The molecule has 0 saturated heterocycles. The molecule has 0 aromatic heterocycles. The molecular formula is C26H53NOSi. The van der Waals surface area contributed by atoms with Gasteiger partial charge >= 0.3 is 0 Å². The Morgan fingerprint density at radius 1 is 0.862 bits per heavy atom. The van der Waals surface area contributed by atoms with E-state index in [-0.39, 0.29) is 5.04 Å². The average molecular weight is 424 g/mol. The van der Waals surface area contributed by atoms with Gasteiger partial charge in [-0.2, -0.15) is 0 Å². The van der Waals surface area contributed by atoms with Gasteiger partial charge in [-0.05, 0) is 61.7 Å². The lowest BCUT2D eigenvalue weighted by molar-refractivity contribution is 0.310. The molecule has 0 spiro atoms. The smallest absolute Gasteiger partial charge is 0.286 e. The van der Waals surface area contributed by atoms with Crippen LogP contribution in [-0.4, -0.2) is 14.5 Å². The van der Waals surface area contributed by atoms with Crippen molar-refractivity contribution in [3.05, 3.63) is 11.6 Å². The predicted octanol–water partition coefficient (Wildman–Crippen LogP) is 9.38. The van der Waals surface area contributed by atoms with E-state index in [9.17, 15) is 0 Å². The zero-order valence-corrected chi connectivity index (χ0v) is 22.6. The molecule has 172 valence electrons. The minimum atomic E-state index is -1.78. The van der Waals surface area contributed by atoms with E-state index in [0.717, 1.165) is 17.8 Å². The normalized spacial score (nSPS) is 15.9. The van der Waals surface area contributed by atoms with E-state index < -0.39 is 8.32 Å². The van der Waals surface area contributed by atoms with Crippen molar-refractivity contribution >= 4 is 14.5 Å². The first kappa shape index (κ1) is 28.4. The fraction of sp³-hybridized carbons (Fsp3) is 0.885. The summed E-state index contributed by atoms with van der Waals surface area (Å²) in [5, 5.41) is 4.44. The second kappa shape index (κ2) is 14.4. The topological polar surface area (TPSA) is 21.6 Å². The lowest BCUT2D eigenvalue weighted by atomic mass is 9.91. The Bertz CT molecular complexity index is 474. The molecule has 0 aromatic carbocycles. The summed E-state index contributed by atoms with van der Waals surface area (Å²) in [6, 6.07) is 0. The number of allylic oxidation sites excluding steroid dienone is 2. The second-order valence-electron chi connectivity index (χ2n) is 11.5. The van der Waals surface area contributed by atoms with Crippen LogP contribution in [0.1, 0.15) is 113 Å². The molecule has 0 amide bonds.